The molecule has 21 heavy (non-hydrogen) atoms. The fourth-order valence-corrected chi connectivity index (χ4v) is 2.38. The number of carbonyl (C=O) groups excluding carboxylic acids is 2. The van der Waals surface area contributed by atoms with Gasteiger partial charge in [0.2, 0.25) is 11.8 Å². The van der Waals surface area contributed by atoms with Crippen LogP contribution in [0.3, 0.4) is 0 Å². The largest absolute Gasteiger partial charge is 0.496 e. The van der Waals surface area contributed by atoms with Crippen LogP contribution in [0.25, 0.3) is 0 Å². The molecule has 2 rings (SSSR count). The van der Waals surface area contributed by atoms with E-state index in [4.69, 9.17) is 4.74 Å². The van der Waals surface area contributed by atoms with Gasteiger partial charge < -0.3 is 15.4 Å². The molecule has 1 aromatic carbocycles. The summed E-state index contributed by atoms with van der Waals surface area (Å²) >= 11 is 0. The molecule has 0 bridgehead atoms. The summed E-state index contributed by atoms with van der Waals surface area (Å²) in [4.78, 5) is 23.4. The number of piperazine rings is 1. The van der Waals surface area contributed by atoms with Gasteiger partial charge in [0.25, 0.3) is 0 Å². The van der Waals surface area contributed by atoms with E-state index in [1.54, 1.807) is 7.11 Å². The molecule has 1 aromatic rings. The summed E-state index contributed by atoms with van der Waals surface area (Å²) in [6.45, 7) is 2.49. The van der Waals surface area contributed by atoms with E-state index >= 15 is 0 Å². The van der Waals surface area contributed by atoms with E-state index in [0.29, 0.717) is 6.54 Å². The molecule has 1 aliphatic rings. The van der Waals surface area contributed by atoms with Crippen molar-refractivity contribution in [1.29, 1.82) is 0 Å². The Bertz CT molecular complexity index is 509. The third kappa shape index (κ3) is 3.72. The van der Waals surface area contributed by atoms with Gasteiger partial charge in [0.05, 0.1) is 19.7 Å². The topological polar surface area (TPSA) is 79.5 Å². The second kappa shape index (κ2) is 7.08. The molecule has 6 nitrogen and oxygen atoms in total. The van der Waals surface area contributed by atoms with Gasteiger partial charge >= 0.3 is 0 Å². The first-order chi connectivity index (χ1) is 10.2. The molecule has 0 saturated carbocycles. The summed E-state index contributed by atoms with van der Waals surface area (Å²) in [6, 6.07) is 7.13. The lowest BCUT2D eigenvalue weighted by molar-refractivity contribution is -0.127. The first-order valence-electron chi connectivity index (χ1n) is 7.09. The Kier molecular flexibility index (Phi) is 5.16. The van der Waals surface area contributed by atoms with Crippen LogP contribution in [-0.4, -0.2) is 38.1 Å². The molecule has 2 atom stereocenters. The van der Waals surface area contributed by atoms with E-state index < -0.39 is 6.04 Å². The maximum absolute atomic E-state index is 12.3. The zero-order valence-electron chi connectivity index (χ0n) is 12.3. The number of hydrogen-bond donors (Lipinski definition) is 3. The number of carbonyl (C=O) groups is 2. The van der Waals surface area contributed by atoms with Crippen LogP contribution in [0.5, 0.6) is 5.75 Å². The summed E-state index contributed by atoms with van der Waals surface area (Å²) in [5, 5.41) is 8.61. The van der Waals surface area contributed by atoms with E-state index in [0.717, 1.165) is 17.7 Å². The Morgan fingerprint density at radius 2 is 2.24 bits per heavy atom. The monoisotopic (exact) mass is 291 g/mol. The smallest absolute Gasteiger partial charge is 0.239 e. The Labute approximate surface area is 124 Å². The number of benzene rings is 1. The first kappa shape index (κ1) is 15.3. The highest BCUT2D eigenvalue weighted by Crippen LogP contribution is 2.26. The van der Waals surface area contributed by atoms with Crippen LogP contribution >= 0.6 is 0 Å². The van der Waals surface area contributed by atoms with Crippen LogP contribution in [0.2, 0.25) is 0 Å². The number of hydrogen-bond acceptors (Lipinski definition) is 4. The molecule has 1 aliphatic heterocycles. The predicted molar refractivity (Wildman–Crippen MR) is 79.0 cm³/mol. The van der Waals surface area contributed by atoms with Gasteiger partial charge in [-0.05, 0) is 12.5 Å². The maximum atomic E-state index is 12.3. The van der Waals surface area contributed by atoms with Crippen molar-refractivity contribution < 1.29 is 14.3 Å². The molecule has 1 heterocycles. The van der Waals surface area contributed by atoms with Crippen LogP contribution in [-0.2, 0) is 9.59 Å². The summed E-state index contributed by atoms with van der Waals surface area (Å²) in [7, 11) is 1.62. The third-order valence-corrected chi connectivity index (χ3v) is 3.57. The molecule has 0 aromatic heterocycles. The molecule has 0 spiro atoms. The van der Waals surface area contributed by atoms with Crippen molar-refractivity contribution in [3.05, 3.63) is 29.8 Å². The van der Waals surface area contributed by atoms with Gasteiger partial charge in [0, 0.05) is 12.1 Å². The molecule has 0 aliphatic carbocycles. The van der Waals surface area contributed by atoms with E-state index in [1.165, 1.54) is 0 Å². The average molecular weight is 291 g/mol. The average Bonchev–Trinajstić information content (AvgIpc) is 2.53. The van der Waals surface area contributed by atoms with Crippen molar-refractivity contribution in [3.8, 4) is 5.75 Å². The van der Waals surface area contributed by atoms with Crippen LogP contribution < -0.4 is 20.7 Å². The van der Waals surface area contributed by atoms with Gasteiger partial charge in [0.1, 0.15) is 11.8 Å². The Morgan fingerprint density at radius 3 is 2.86 bits per heavy atom. The Hall–Kier alpha value is -2.08. The van der Waals surface area contributed by atoms with Crippen molar-refractivity contribution in [2.24, 2.45) is 0 Å². The lowest BCUT2D eigenvalue weighted by atomic mass is 10.0. The number of rotatable bonds is 5. The highest BCUT2D eigenvalue weighted by molar-refractivity contribution is 5.87. The lowest BCUT2D eigenvalue weighted by Gasteiger charge is -2.26. The minimum absolute atomic E-state index is 0.0872. The van der Waals surface area contributed by atoms with E-state index in [1.807, 2.05) is 31.2 Å². The quantitative estimate of drug-likeness (QED) is 0.731. The fraction of sp³-hybridized carbons (Fsp3) is 0.467. The van der Waals surface area contributed by atoms with Gasteiger partial charge in [-0.2, -0.15) is 0 Å². The van der Waals surface area contributed by atoms with Crippen molar-refractivity contribution in [1.82, 2.24) is 16.0 Å². The van der Waals surface area contributed by atoms with Gasteiger partial charge in [-0.1, -0.05) is 25.1 Å². The standard InChI is InChI=1S/C15H21N3O3/c1-3-11(10-6-4-5-7-13(10)21-2)18-15(20)12-8-17-14(19)9-16-12/h4-7,11-12,16H,3,8-9H2,1-2H3,(H,17,19)(H,18,20). The second-order valence-electron chi connectivity index (χ2n) is 4.95. The maximum Gasteiger partial charge on any atom is 0.239 e. The minimum Gasteiger partial charge on any atom is -0.496 e. The van der Waals surface area contributed by atoms with E-state index in [-0.39, 0.29) is 24.4 Å². The molecule has 6 heteroatoms. The summed E-state index contributed by atoms with van der Waals surface area (Å²) in [6.07, 6.45) is 0.755. The number of methoxy groups -OCH3 is 1. The molecule has 0 radical (unpaired) electrons. The number of nitrogens with one attached hydrogen (secondary N) is 3. The van der Waals surface area contributed by atoms with Gasteiger partial charge in [-0.25, -0.2) is 0 Å². The number of amides is 2. The Balaban J connectivity index is 2.05. The summed E-state index contributed by atoms with van der Waals surface area (Å²) < 4.78 is 5.35. The molecular weight excluding hydrogens is 270 g/mol. The first-order valence-corrected chi connectivity index (χ1v) is 7.09. The number of para-hydroxylation sites is 1. The molecule has 1 saturated heterocycles. The van der Waals surface area contributed by atoms with Crippen LogP contribution in [0, 0.1) is 0 Å². The van der Waals surface area contributed by atoms with Crippen molar-refractivity contribution in [3.63, 3.8) is 0 Å². The van der Waals surface area contributed by atoms with Crippen molar-refractivity contribution >= 4 is 11.8 Å². The van der Waals surface area contributed by atoms with Crippen molar-refractivity contribution in [2.75, 3.05) is 20.2 Å². The van der Waals surface area contributed by atoms with Gasteiger partial charge in [0.15, 0.2) is 0 Å². The molecule has 2 amide bonds. The highest BCUT2D eigenvalue weighted by Gasteiger charge is 2.26. The summed E-state index contributed by atoms with van der Waals surface area (Å²) in [5.74, 6) is 0.554. The zero-order valence-corrected chi connectivity index (χ0v) is 12.3. The minimum atomic E-state index is -0.397. The van der Waals surface area contributed by atoms with E-state index in [9.17, 15) is 9.59 Å². The zero-order chi connectivity index (χ0) is 15.2. The van der Waals surface area contributed by atoms with Gasteiger partial charge in [-0.3, -0.25) is 14.9 Å². The molecular formula is C15H21N3O3. The molecule has 114 valence electrons. The van der Waals surface area contributed by atoms with Crippen molar-refractivity contribution in [2.45, 2.75) is 25.4 Å². The fourth-order valence-electron chi connectivity index (χ4n) is 2.38. The van der Waals surface area contributed by atoms with Crippen LogP contribution in [0.15, 0.2) is 24.3 Å². The molecule has 3 N–H and O–H groups in total. The predicted octanol–water partition coefficient (Wildman–Crippen LogP) is 0.351. The summed E-state index contributed by atoms with van der Waals surface area (Å²) in [5.41, 5.74) is 0.954. The Morgan fingerprint density at radius 1 is 1.48 bits per heavy atom. The van der Waals surface area contributed by atoms with Gasteiger partial charge in [-0.15, -0.1) is 0 Å². The normalized spacial score (nSPS) is 19.5. The third-order valence-electron chi connectivity index (χ3n) is 3.57. The highest BCUT2D eigenvalue weighted by atomic mass is 16.5. The van der Waals surface area contributed by atoms with Crippen LogP contribution in [0.1, 0.15) is 24.9 Å². The molecule has 1 fully saturated rings. The number of ether oxygens (including phenoxy) is 1. The SMILES string of the molecule is CCC(NC(=O)C1CNC(=O)CN1)c1ccccc1OC. The molecule has 2 unspecified atom stereocenters. The van der Waals surface area contributed by atoms with Crippen LogP contribution in [0.4, 0.5) is 0 Å². The second-order valence-corrected chi connectivity index (χ2v) is 4.95. The van der Waals surface area contributed by atoms with E-state index in [2.05, 4.69) is 16.0 Å². The lowest BCUT2D eigenvalue weighted by Crippen LogP contribution is -2.58.